The number of carbonyl (C=O) groups is 2. The van der Waals surface area contributed by atoms with Crippen LogP contribution in [0.25, 0.3) is 0 Å². The number of esters is 1. The second-order valence-corrected chi connectivity index (χ2v) is 6.92. The quantitative estimate of drug-likeness (QED) is 0.632. The summed E-state index contributed by atoms with van der Waals surface area (Å²) in [5.74, 6) is -0.318. The van der Waals surface area contributed by atoms with E-state index in [1.165, 1.54) is 0 Å². The van der Waals surface area contributed by atoms with Crippen molar-refractivity contribution in [2.24, 2.45) is 0 Å². The van der Waals surface area contributed by atoms with Gasteiger partial charge in [-0.2, -0.15) is 0 Å². The number of benzene rings is 1. The van der Waals surface area contributed by atoms with Crippen molar-refractivity contribution in [3.05, 3.63) is 35.9 Å². The van der Waals surface area contributed by atoms with E-state index in [0.717, 1.165) is 0 Å². The molecule has 1 aromatic carbocycles. The van der Waals surface area contributed by atoms with Crippen molar-refractivity contribution in [1.82, 2.24) is 5.06 Å². The summed E-state index contributed by atoms with van der Waals surface area (Å²) in [6.45, 7) is 8.34. The lowest BCUT2D eigenvalue weighted by atomic mass is 9.80. The van der Waals surface area contributed by atoms with Gasteiger partial charge in [0.05, 0.1) is 16.6 Å². The van der Waals surface area contributed by atoms with Crippen LogP contribution >= 0.6 is 0 Å². The molecule has 1 heterocycles. The molecule has 5 nitrogen and oxygen atoms in total. The lowest BCUT2D eigenvalue weighted by molar-refractivity contribution is -0.266. The predicted octanol–water partition coefficient (Wildman–Crippen LogP) is 2.95. The van der Waals surface area contributed by atoms with Gasteiger partial charge in [-0.25, -0.2) is 4.79 Å². The Balaban J connectivity index is 2.11. The SMILES string of the molecule is CC1(C)CC(OC(=O)c2ccccc2)CC(C)(C)N1OC=O. The summed E-state index contributed by atoms with van der Waals surface area (Å²) in [6.07, 6.45) is 0.982. The van der Waals surface area contributed by atoms with Crippen LogP contribution in [0, 0.1) is 0 Å². The second-order valence-electron chi connectivity index (χ2n) is 6.92. The van der Waals surface area contributed by atoms with Gasteiger partial charge in [0.2, 0.25) is 0 Å². The number of piperidine rings is 1. The molecule has 120 valence electrons. The number of hydrogen-bond acceptors (Lipinski definition) is 5. The van der Waals surface area contributed by atoms with Crippen LogP contribution in [0.1, 0.15) is 50.9 Å². The minimum absolute atomic E-state index is 0.218. The topological polar surface area (TPSA) is 55.8 Å². The van der Waals surface area contributed by atoms with E-state index in [0.29, 0.717) is 24.9 Å². The third-order valence-corrected chi connectivity index (χ3v) is 3.99. The van der Waals surface area contributed by atoms with Gasteiger partial charge >= 0.3 is 12.4 Å². The Labute approximate surface area is 131 Å². The normalized spacial score (nSPS) is 21.1. The Bertz CT molecular complexity index is 521. The average Bonchev–Trinajstić information content (AvgIpc) is 2.43. The van der Waals surface area contributed by atoms with Crippen molar-refractivity contribution in [3.63, 3.8) is 0 Å². The summed E-state index contributed by atoms with van der Waals surface area (Å²) in [4.78, 5) is 28.1. The molecule has 0 amide bonds. The van der Waals surface area contributed by atoms with Gasteiger partial charge in [-0.05, 0) is 39.8 Å². The molecule has 1 saturated heterocycles. The summed E-state index contributed by atoms with van der Waals surface area (Å²) in [5.41, 5.74) is -0.279. The molecule has 0 spiro atoms. The first-order valence-corrected chi connectivity index (χ1v) is 7.43. The lowest BCUT2D eigenvalue weighted by Crippen LogP contribution is -2.61. The first-order chi connectivity index (χ1) is 10.3. The molecule has 1 aromatic rings. The zero-order valence-electron chi connectivity index (χ0n) is 13.5. The van der Waals surface area contributed by atoms with Crippen LogP contribution in [0.5, 0.6) is 0 Å². The van der Waals surface area contributed by atoms with Gasteiger partial charge in [-0.15, -0.1) is 5.06 Å². The van der Waals surface area contributed by atoms with E-state index >= 15 is 0 Å². The molecular weight excluding hydrogens is 282 g/mol. The molecule has 0 atom stereocenters. The van der Waals surface area contributed by atoms with Crippen LogP contribution in [-0.2, 0) is 14.4 Å². The summed E-state index contributed by atoms with van der Waals surface area (Å²) < 4.78 is 5.67. The third-order valence-electron chi connectivity index (χ3n) is 3.99. The van der Waals surface area contributed by atoms with Crippen molar-refractivity contribution in [2.75, 3.05) is 0 Å². The molecule has 0 saturated carbocycles. The van der Waals surface area contributed by atoms with E-state index in [-0.39, 0.29) is 12.1 Å². The molecule has 1 aliphatic heterocycles. The Kier molecular flexibility index (Phi) is 4.56. The minimum atomic E-state index is -0.412. The molecule has 1 fully saturated rings. The maximum absolute atomic E-state index is 12.2. The number of hydrogen-bond donors (Lipinski definition) is 0. The minimum Gasteiger partial charge on any atom is -0.459 e. The van der Waals surface area contributed by atoms with Crippen molar-refractivity contribution in [2.45, 2.75) is 57.7 Å². The molecule has 1 aliphatic rings. The number of hydroxylamine groups is 2. The zero-order chi connectivity index (χ0) is 16.4. The third kappa shape index (κ3) is 3.47. The highest BCUT2D eigenvalue weighted by Crippen LogP contribution is 2.39. The number of rotatable bonds is 4. The maximum Gasteiger partial charge on any atom is 0.338 e. The summed E-state index contributed by atoms with van der Waals surface area (Å²) in [6, 6.07) is 8.96. The van der Waals surface area contributed by atoms with Crippen LogP contribution in [0.4, 0.5) is 0 Å². The van der Waals surface area contributed by atoms with Gasteiger partial charge in [0.15, 0.2) is 0 Å². The molecule has 0 bridgehead atoms. The molecule has 0 aromatic heterocycles. The first kappa shape index (κ1) is 16.5. The Morgan fingerprint density at radius 1 is 1.14 bits per heavy atom. The summed E-state index contributed by atoms with van der Waals surface area (Å²) >= 11 is 0. The fourth-order valence-electron chi connectivity index (χ4n) is 3.38. The average molecular weight is 305 g/mol. The van der Waals surface area contributed by atoms with Crippen LogP contribution in [0.3, 0.4) is 0 Å². The van der Waals surface area contributed by atoms with Gasteiger partial charge < -0.3 is 9.57 Å². The van der Waals surface area contributed by atoms with E-state index in [1.807, 2.05) is 45.9 Å². The zero-order valence-corrected chi connectivity index (χ0v) is 13.5. The van der Waals surface area contributed by atoms with Crippen LogP contribution in [-0.4, -0.2) is 34.7 Å². The van der Waals surface area contributed by atoms with E-state index < -0.39 is 11.1 Å². The van der Waals surface area contributed by atoms with Crippen LogP contribution in [0.2, 0.25) is 0 Å². The molecule has 5 heteroatoms. The second kappa shape index (κ2) is 6.08. The highest BCUT2D eigenvalue weighted by Gasteiger charge is 2.48. The predicted molar refractivity (Wildman–Crippen MR) is 82.0 cm³/mol. The largest absolute Gasteiger partial charge is 0.459 e. The maximum atomic E-state index is 12.2. The molecular formula is C17H23NO4. The van der Waals surface area contributed by atoms with Crippen molar-refractivity contribution in [3.8, 4) is 0 Å². The van der Waals surface area contributed by atoms with Crippen molar-refractivity contribution < 1.29 is 19.2 Å². The van der Waals surface area contributed by atoms with Gasteiger partial charge in [-0.1, -0.05) is 18.2 Å². The van der Waals surface area contributed by atoms with Crippen LogP contribution < -0.4 is 0 Å². The van der Waals surface area contributed by atoms with E-state index in [2.05, 4.69) is 0 Å². The summed E-state index contributed by atoms with van der Waals surface area (Å²) in [7, 11) is 0. The van der Waals surface area contributed by atoms with Gasteiger partial charge in [0.25, 0.3) is 0 Å². The van der Waals surface area contributed by atoms with Crippen molar-refractivity contribution in [1.29, 1.82) is 0 Å². The Morgan fingerprint density at radius 2 is 1.68 bits per heavy atom. The Hall–Kier alpha value is -1.88. The molecule has 0 radical (unpaired) electrons. The monoisotopic (exact) mass is 305 g/mol. The number of ether oxygens (including phenoxy) is 1. The molecule has 2 rings (SSSR count). The highest BCUT2D eigenvalue weighted by atomic mass is 16.7. The van der Waals surface area contributed by atoms with Gasteiger partial charge in [0.1, 0.15) is 6.10 Å². The fraction of sp³-hybridized carbons (Fsp3) is 0.529. The molecule has 0 aliphatic carbocycles. The van der Waals surface area contributed by atoms with Crippen LogP contribution in [0.15, 0.2) is 30.3 Å². The standard InChI is InChI=1S/C17H23NO4/c1-16(2)10-14(11-17(3,4)18(16)21-12-19)22-15(20)13-8-6-5-7-9-13/h5-9,12,14H,10-11H2,1-4H3. The highest BCUT2D eigenvalue weighted by molar-refractivity contribution is 5.89. The molecule has 0 unspecified atom stereocenters. The smallest absolute Gasteiger partial charge is 0.338 e. The summed E-state index contributed by atoms with van der Waals surface area (Å²) in [5, 5.41) is 1.69. The number of nitrogens with zero attached hydrogens (tertiary/aromatic N) is 1. The molecule has 0 N–H and O–H groups in total. The van der Waals surface area contributed by atoms with Crippen molar-refractivity contribution >= 4 is 12.4 Å². The van der Waals surface area contributed by atoms with Gasteiger partial charge in [-0.3, -0.25) is 4.79 Å². The first-order valence-electron chi connectivity index (χ1n) is 7.43. The molecule has 22 heavy (non-hydrogen) atoms. The van der Waals surface area contributed by atoms with Gasteiger partial charge in [0, 0.05) is 12.8 Å². The Morgan fingerprint density at radius 3 is 2.18 bits per heavy atom. The lowest BCUT2D eigenvalue weighted by Gasteiger charge is -2.51. The van der Waals surface area contributed by atoms with E-state index in [4.69, 9.17) is 9.57 Å². The van der Waals surface area contributed by atoms with E-state index in [1.54, 1.807) is 17.2 Å². The van der Waals surface area contributed by atoms with E-state index in [9.17, 15) is 9.59 Å². The fourth-order valence-corrected chi connectivity index (χ4v) is 3.38. The number of carbonyl (C=O) groups excluding carboxylic acids is 2.